The standard InChI is InChI=1S/C14H17BrF3NO2/c1-8(2)12(7-21-3)19-13(20)9-4-5-11(15)10(6-9)14(16,17)18/h4-6,8,12H,7H2,1-3H3,(H,19,20). The second kappa shape index (κ2) is 7.26. The Kier molecular flexibility index (Phi) is 6.22. The second-order valence-corrected chi connectivity index (χ2v) is 5.83. The minimum Gasteiger partial charge on any atom is -0.383 e. The molecule has 1 aromatic rings. The summed E-state index contributed by atoms with van der Waals surface area (Å²) < 4.78 is 43.4. The molecular weight excluding hydrogens is 351 g/mol. The zero-order chi connectivity index (χ0) is 16.2. The normalized spacial score (nSPS) is 13.3. The van der Waals surface area contributed by atoms with Crippen molar-refractivity contribution < 1.29 is 22.7 Å². The number of rotatable bonds is 5. The molecule has 0 saturated carbocycles. The first-order valence-corrected chi connectivity index (χ1v) is 7.12. The predicted octanol–water partition coefficient (Wildman–Crippen LogP) is 3.87. The molecule has 0 saturated heterocycles. The highest BCUT2D eigenvalue weighted by Gasteiger charge is 2.33. The van der Waals surface area contributed by atoms with Crippen LogP contribution in [0.4, 0.5) is 13.2 Å². The second-order valence-electron chi connectivity index (χ2n) is 4.97. The van der Waals surface area contributed by atoms with Crippen LogP contribution in [0.3, 0.4) is 0 Å². The average Bonchev–Trinajstić information content (AvgIpc) is 2.37. The molecule has 0 aromatic heterocycles. The topological polar surface area (TPSA) is 38.3 Å². The van der Waals surface area contributed by atoms with Crippen molar-refractivity contribution in [2.75, 3.05) is 13.7 Å². The molecule has 1 N–H and O–H groups in total. The third-order valence-electron chi connectivity index (χ3n) is 3.00. The van der Waals surface area contributed by atoms with Crippen LogP contribution in [-0.4, -0.2) is 25.7 Å². The Morgan fingerprint density at radius 3 is 2.48 bits per heavy atom. The summed E-state index contributed by atoms with van der Waals surface area (Å²) in [5.74, 6) is -0.449. The number of nitrogens with one attached hydrogen (secondary N) is 1. The monoisotopic (exact) mass is 367 g/mol. The van der Waals surface area contributed by atoms with E-state index in [9.17, 15) is 18.0 Å². The molecule has 0 aliphatic heterocycles. The molecule has 1 unspecified atom stereocenters. The van der Waals surface area contributed by atoms with Crippen molar-refractivity contribution in [1.29, 1.82) is 0 Å². The molecule has 0 spiro atoms. The van der Waals surface area contributed by atoms with Gasteiger partial charge < -0.3 is 10.1 Å². The van der Waals surface area contributed by atoms with Gasteiger partial charge in [0.2, 0.25) is 0 Å². The van der Waals surface area contributed by atoms with Crippen molar-refractivity contribution in [3.63, 3.8) is 0 Å². The summed E-state index contributed by atoms with van der Waals surface area (Å²) in [4.78, 5) is 12.1. The predicted molar refractivity (Wildman–Crippen MR) is 77.1 cm³/mol. The molecule has 118 valence electrons. The first-order valence-electron chi connectivity index (χ1n) is 6.33. The van der Waals surface area contributed by atoms with Crippen LogP contribution in [0.1, 0.15) is 29.8 Å². The van der Waals surface area contributed by atoms with E-state index < -0.39 is 17.6 Å². The minimum absolute atomic E-state index is 0.0349. The van der Waals surface area contributed by atoms with Gasteiger partial charge in [-0.3, -0.25) is 4.79 Å². The lowest BCUT2D eigenvalue weighted by atomic mass is 10.0. The Labute approximate surface area is 130 Å². The van der Waals surface area contributed by atoms with Crippen LogP contribution in [0.2, 0.25) is 0 Å². The van der Waals surface area contributed by atoms with E-state index in [2.05, 4.69) is 21.2 Å². The number of hydrogen-bond donors (Lipinski definition) is 1. The lowest BCUT2D eigenvalue weighted by Crippen LogP contribution is -2.41. The van der Waals surface area contributed by atoms with E-state index in [0.717, 1.165) is 6.07 Å². The number of benzene rings is 1. The Bertz CT molecular complexity index is 503. The Morgan fingerprint density at radius 2 is 2.00 bits per heavy atom. The van der Waals surface area contributed by atoms with Gasteiger partial charge in [-0.1, -0.05) is 29.8 Å². The molecule has 0 fully saturated rings. The van der Waals surface area contributed by atoms with E-state index in [0.29, 0.717) is 6.61 Å². The number of methoxy groups -OCH3 is 1. The molecule has 1 rings (SSSR count). The summed E-state index contributed by atoms with van der Waals surface area (Å²) in [6.07, 6.45) is -4.51. The molecule has 1 aromatic carbocycles. The van der Waals surface area contributed by atoms with Gasteiger partial charge in [-0.2, -0.15) is 13.2 Å². The van der Waals surface area contributed by atoms with E-state index in [-0.39, 0.29) is 22.0 Å². The SMILES string of the molecule is COCC(NC(=O)c1ccc(Br)c(C(F)(F)F)c1)C(C)C. The molecule has 3 nitrogen and oxygen atoms in total. The fourth-order valence-electron chi connectivity index (χ4n) is 1.72. The van der Waals surface area contributed by atoms with Gasteiger partial charge in [0, 0.05) is 17.1 Å². The van der Waals surface area contributed by atoms with Crippen molar-refractivity contribution in [3.8, 4) is 0 Å². The number of carbonyl (C=O) groups is 1. The molecule has 1 atom stereocenters. The number of amides is 1. The summed E-state index contributed by atoms with van der Waals surface area (Å²) in [7, 11) is 1.50. The maximum absolute atomic E-state index is 12.8. The van der Waals surface area contributed by atoms with Crippen LogP contribution < -0.4 is 5.32 Å². The summed E-state index contributed by atoms with van der Waals surface area (Å²) in [6, 6.07) is 3.14. The van der Waals surface area contributed by atoms with Crippen LogP contribution >= 0.6 is 15.9 Å². The van der Waals surface area contributed by atoms with Gasteiger partial charge in [0.25, 0.3) is 5.91 Å². The maximum Gasteiger partial charge on any atom is 0.417 e. The van der Waals surface area contributed by atoms with Gasteiger partial charge in [0.1, 0.15) is 0 Å². The molecule has 1 amide bonds. The smallest absolute Gasteiger partial charge is 0.383 e. The largest absolute Gasteiger partial charge is 0.417 e. The van der Waals surface area contributed by atoms with Gasteiger partial charge >= 0.3 is 6.18 Å². The Hall–Kier alpha value is -1.08. The van der Waals surface area contributed by atoms with Crippen LogP contribution in [0.25, 0.3) is 0 Å². The van der Waals surface area contributed by atoms with Gasteiger partial charge in [-0.25, -0.2) is 0 Å². The van der Waals surface area contributed by atoms with Crippen molar-refractivity contribution in [3.05, 3.63) is 33.8 Å². The molecular formula is C14H17BrF3NO2. The van der Waals surface area contributed by atoms with Crippen molar-refractivity contribution in [2.24, 2.45) is 5.92 Å². The molecule has 21 heavy (non-hydrogen) atoms. The number of alkyl halides is 3. The molecule has 0 heterocycles. The quantitative estimate of drug-likeness (QED) is 0.857. The molecule has 0 aliphatic carbocycles. The van der Waals surface area contributed by atoms with Crippen molar-refractivity contribution in [1.82, 2.24) is 5.32 Å². The van der Waals surface area contributed by atoms with Crippen LogP contribution in [-0.2, 0) is 10.9 Å². The summed E-state index contributed by atoms with van der Waals surface area (Å²) in [6.45, 7) is 4.09. The summed E-state index contributed by atoms with van der Waals surface area (Å²) in [5.41, 5.74) is -0.907. The molecule has 0 aliphatic rings. The number of halogens is 4. The van der Waals surface area contributed by atoms with Crippen molar-refractivity contribution in [2.45, 2.75) is 26.1 Å². The lowest BCUT2D eigenvalue weighted by Gasteiger charge is -2.21. The zero-order valence-corrected chi connectivity index (χ0v) is 13.5. The lowest BCUT2D eigenvalue weighted by molar-refractivity contribution is -0.138. The first kappa shape index (κ1) is 18.0. The third-order valence-corrected chi connectivity index (χ3v) is 3.69. The van der Waals surface area contributed by atoms with Gasteiger partial charge in [0.15, 0.2) is 0 Å². The number of hydrogen-bond acceptors (Lipinski definition) is 2. The van der Waals surface area contributed by atoms with E-state index in [1.165, 1.54) is 19.2 Å². The fourth-order valence-corrected chi connectivity index (χ4v) is 2.19. The maximum atomic E-state index is 12.8. The van der Waals surface area contributed by atoms with E-state index in [4.69, 9.17) is 4.74 Å². The van der Waals surface area contributed by atoms with Crippen LogP contribution in [0.15, 0.2) is 22.7 Å². The highest BCUT2D eigenvalue weighted by molar-refractivity contribution is 9.10. The van der Waals surface area contributed by atoms with Crippen LogP contribution in [0.5, 0.6) is 0 Å². The fraction of sp³-hybridized carbons (Fsp3) is 0.500. The summed E-state index contributed by atoms with van der Waals surface area (Å²) in [5, 5.41) is 2.69. The van der Waals surface area contributed by atoms with Crippen LogP contribution in [0, 0.1) is 5.92 Å². The molecule has 0 bridgehead atoms. The highest BCUT2D eigenvalue weighted by atomic mass is 79.9. The minimum atomic E-state index is -4.51. The third kappa shape index (κ3) is 5.00. The van der Waals surface area contributed by atoms with Crippen molar-refractivity contribution >= 4 is 21.8 Å². The zero-order valence-electron chi connectivity index (χ0n) is 11.9. The van der Waals surface area contributed by atoms with E-state index >= 15 is 0 Å². The van der Waals surface area contributed by atoms with Gasteiger partial charge in [-0.05, 0) is 24.1 Å². The highest BCUT2D eigenvalue weighted by Crippen LogP contribution is 2.35. The van der Waals surface area contributed by atoms with Gasteiger partial charge in [-0.15, -0.1) is 0 Å². The van der Waals surface area contributed by atoms with Gasteiger partial charge in [0.05, 0.1) is 18.2 Å². The van der Waals surface area contributed by atoms with E-state index in [1.807, 2.05) is 13.8 Å². The van der Waals surface area contributed by atoms with E-state index in [1.54, 1.807) is 0 Å². The number of carbonyl (C=O) groups excluding carboxylic acids is 1. The Balaban J connectivity index is 2.98. The average molecular weight is 368 g/mol. The molecule has 0 radical (unpaired) electrons. The first-order chi connectivity index (χ1) is 9.66. The number of ether oxygens (including phenoxy) is 1. The Morgan fingerprint density at radius 1 is 1.38 bits per heavy atom. The summed E-state index contributed by atoms with van der Waals surface area (Å²) >= 11 is 2.84. The molecule has 7 heteroatoms.